The summed E-state index contributed by atoms with van der Waals surface area (Å²) in [6.07, 6.45) is 1.17. The monoisotopic (exact) mass is 487 g/mol. The first-order chi connectivity index (χ1) is 11.1. The molecular weight excluding hydrogens is 453 g/mol. The topological polar surface area (TPSA) is 82.0 Å². The van der Waals surface area contributed by atoms with Gasteiger partial charge in [0, 0.05) is 31.6 Å². The minimum absolute atomic E-state index is 0. The van der Waals surface area contributed by atoms with Crippen molar-refractivity contribution in [3.63, 3.8) is 0 Å². The molecule has 6 nitrogen and oxygen atoms in total. The third-order valence-corrected chi connectivity index (χ3v) is 6.79. The van der Waals surface area contributed by atoms with Crippen LogP contribution in [0.15, 0.2) is 4.99 Å². The van der Waals surface area contributed by atoms with Gasteiger partial charge in [-0.2, -0.15) is 0 Å². The van der Waals surface area contributed by atoms with E-state index in [2.05, 4.69) is 37.9 Å². The van der Waals surface area contributed by atoms with Crippen LogP contribution in [0.1, 0.15) is 40.5 Å². The Hall–Kier alpha value is -0.0900. The number of aliphatic imine (C=N–C) groups is 1. The second-order valence-electron chi connectivity index (χ2n) is 8.42. The molecule has 0 radical (unpaired) electrons. The van der Waals surface area contributed by atoms with Crippen LogP contribution in [0.3, 0.4) is 0 Å². The number of rotatable bonds is 4. The standard InChI is InChI=1S/C17H33N3O3S.HI/c1-13(2)9-18-16(19-10-14-6-8-24(22,23)11-14)20-7-5-15(21)17(3,4)12-20;/h13-15,21H,5-12H2,1-4H3,(H,18,19);1H. The van der Waals surface area contributed by atoms with Crippen molar-refractivity contribution in [3.8, 4) is 0 Å². The summed E-state index contributed by atoms with van der Waals surface area (Å²) in [5.41, 5.74) is -0.171. The number of guanidine groups is 1. The SMILES string of the molecule is CC(C)CN=C(NCC1CCS(=O)(=O)C1)N1CCC(O)C(C)(C)C1.I. The number of likely N-dealkylation sites (tertiary alicyclic amines) is 1. The van der Waals surface area contributed by atoms with Crippen LogP contribution in [-0.4, -0.2) is 68.2 Å². The zero-order valence-electron chi connectivity index (χ0n) is 15.9. The van der Waals surface area contributed by atoms with Crippen molar-refractivity contribution >= 4 is 39.8 Å². The lowest BCUT2D eigenvalue weighted by Gasteiger charge is -2.43. The molecule has 148 valence electrons. The molecule has 8 heteroatoms. The molecule has 2 aliphatic rings. The molecule has 2 atom stereocenters. The van der Waals surface area contributed by atoms with Crippen LogP contribution in [-0.2, 0) is 9.84 Å². The Morgan fingerprint density at radius 2 is 2.04 bits per heavy atom. The second kappa shape index (κ2) is 9.21. The van der Waals surface area contributed by atoms with Crippen molar-refractivity contribution in [1.29, 1.82) is 0 Å². The highest BCUT2D eigenvalue weighted by Gasteiger charge is 2.36. The van der Waals surface area contributed by atoms with Gasteiger partial charge in [-0.1, -0.05) is 27.7 Å². The zero-order chi connectivity index (χ0) is 18.0. The highest BCUT2D eigenvalue weighted by atomic mass is 127. The first-order valence-electron chi connectivity index (χ1n) is 9.01. The van der Waals surface area contributed by atoms with Crippen molar-refractivity contribution < 1.29 is 13.5 Å². The number of piperidine rings is 1. The van der Waals surface area contributed by atoms with Gasteiger partial charge < -0.3 is 15.3 Å². The van der Waals surface area contributed by atoms with E-state index in [-0.39, 0.29) is 47.2 Å². The Labute approximate surface area is 169 Å². The lowest BCUT2D eigenvalue weighted by Crippen LogP contribution is -2.54. The number of nitrogens with zero attached hydrogens (tertiary/aromatic N) is 2. The Morgan fingerprint density at radius 1 is 1.36 bits per heavy atom. The van der Waals surface area contributed by atoms with Crippen LogP contribution in [0.4, 0.5) is 0 Å². The predicted molar refractivity (Wildman–Crippen MR) is 113 cm³/mol. The Bertz CT molecular complexity index is 563. The van der Waals surface area contributed by atoms with Gasteiger partial charge in [-0.15, -0.1) is 24.0 Å². The molecule has 2 aliphatic heterocycles. The summed E-state index contributed by atoms with van der Waals surface area (Å²) in [6.45, 7) is 11.3. The Morgan fingerprint density at radius 3 is 2.56 bits per heavy atom. The van der Waals surface area contributed by atoms with E-state index in [4.69, 9.17) is 4.99 Å². The van der Waals surface area contributed by atoms with Crippen molar-refractivity contribution in [2.24, 2.45) is 22.2 Å². The quantitative estimate of drug-likeness (QED) is 0.359. The van der Waals surface area contributed by atoms with E-state index in [0.717, 1.165) is 38.4 Å². The van der Waals surface area contributed by atoms with E-state index in [0.29, 0.717) is 18.2 Å². The predicted octanol–water partition coefficient (Wildman–Crippen LogP) is 1.73. The maximum atomic E-state index is 11.6. The van der Waals surface area contributed by atoms with Crippen molar-refractivity contribution in [2.75, 3.05) is 37.7 Å². The van der Waals surface area contributed by atoms with E-state index < -0.39 is 9.84 Å². The summed E-state index contributed by atoms with van der Waals surface area (Å²) in [7, 11) is -2.85. The van der Waals surface area contributed by atoms with E-state index in [1.165, 1.54) is 0 Å². The van der Waals surface area contributed by atoms with Gasteiger partial charge in [0.15, 0.2) is 15.8 Å². The van der Waals surface area contributed by atoms with E-state index in [1.807, 2.05) is 0 Å². The largest absolute Gasteiger partial charge is 0.392 e. The molecule has 2 N–H and O–H groups in total. The summed E-state index contributed by atoms with van der Waals surface area (Å²) < 4.78 is 23.3. The summed E-state index contributed by atoms with van der Waals surface area (Å²) in [5, 5.41) is 13.6. The summed E-state index contributed by atoms with van der Waals surface area (Å²) in [6, 6.07) is 0. The Kier molecular flexibility index (Phi) is 8.46. The van der Waals surface area contributed by atoms with Gasteiger partial charge in [-0.25, -0.2) is 8.42 Å². The molecule has 0 aromatic carbocycles. The van der Waals surface area contributed by atoms with E-state index in [1.54, 1.807) is 0 Å². The zero-order valence-corrected chi connectivity index (χ0v) is 19.0. The fourth-order valence-electron chi connectivity index (χ4n) is 3.33. The number of halogens is 1. The molecule has 2 fully saturated rings. The summed E-state index contributed by atoms with van der Waals surface area (Å²) in [4.78, 5) is 6.94. The smallest absolute Gasteiger partial charge is 0.193 e. The first-order valence-corrected chi connectivity index (χ1v) is 10.8. The molecular formula is C17H34IN3O3S. The number of nitrogens with one attached hydrogen (secondary N) is 1. The molecule has 0 spiro atoms. The molecule has 2 unspecified atom stereocenters. The van der Waals surface area contributed by atoms with E-state index >= 15 is 0 Å². The third kappa shape index (κ3) is 6.86. The van der Waals surface area contributed by atoms with Gasteiger partial charge in [0.1, 0.15) is 0 Å². The van der Waals surface area contributed by atoms with Gasteiger partial charge >= 0.3 is 0 Å². The molecule has 0 amide bonds. The maximum Gasteiger partial charge on any atom is 0.193 e. The van der Waals surface area contributed by atoms with Crippen molar-refractivity contribution in [1.82, 2.24) is 10.2 Å². The van der Waals surface area contributed by atoms with Gasteiger partial charge in [0.25, 0.3) is 0 Å². The normalized spacial score (nSPS) is 28.7. The Balaban J connectivity index is 0.00000312. The first kappa shape index (κ1) is 23.0. The van der Waals surface area contributed by atoms with Gasteiger partial charge in [0.2, 0.25) is 0 Å². The minimum Gasteiger partial charge on any atom is -0.392 e. The lowest BCUT2D eigenvalue weighted by atomic mass is 9.81. The number of sulfone groups is 1. The maximum absolute atomic E-state index is 11.6. The fraction of sp³-hybridized carbons (Fsp3) is 0.941. The minimum atomic E-state index is -2.85. The third-order valence-electron chi connectivity index (χ3n) is 4.95. The number of hydrogen-bond acceptors (Lipinski definition) is 4. The average molecular weight is 487 g/mol. The average Bonchev–Trinajstić information content (AvgIpc) is 2.81. The molecule has 0 aromatic rings. The van der Waals surface area contributed by atoms with Crippen LogP contribution in [0, 0.1) is 17.3 Å². The van der Waals surface area contributed by atoms with Crippen LogP contribution < -0.4 is 5.32 Å². The molecule has 2 heterocycles. The highest BCUT2D eigenvalue weighted by molar-refractivity contribution is 14.0. The molecule has 2 saturated heterocycles. The van der Waals surface area contributed by atoms with Crippen LogP contribution in [0.5, 0.6) is 0 Å². The second-order valence-corrected chi connectivity index (χ2v) is 10.7. The molecule has 0 aromatic heterocycles. The molecule has 2 rings (SSSR count). The number of aliphatic hydroxyl groups excluding tert-OH is 1. The lowest BCUT2D eigenvalue weighted by molar-refractivity contribution is -0.00508. The van der Waals surface area contributed by atoms with Gasteiger partial charge in [-0.3, -0.25) is 4.99 Å². The summed E-state index contributed by atoms with van der Waals surface area (Å²) >= 11 is 0. The number of hydrogen-bond donors (Lipinski definition) is 2. The molecule has 0 aliphatic carbocycles. The van der Waals surface area contributed by atoms with Gasteiger partial charge in [0.05, 0.1) is 17.6 Å². The van der Waals surface area contributed by atoms with Crippen molar-refractivity contribution in [2.45, 2.75) is 46.6 Å². The summed E-state index contributed by atoms with van der Waals surface area (Å²) in [5.74, 6) is 2.08. The van der Waals surface area contributed by atoms with E-state index in [9.17, 15) is 13.5 Å². The fourth-order valence-corrected chi connectivity index (χ4v) is 5.19. The number of aliphatic hydroxyl groups is 1. The molecule has 25 heavy (non-hydrogen) atoms. The van der Waals surface area contributed by atoms with Crippen molar-refractivity contribution in [3.05, 3.63) is 0 Å². The van der Waals surface area contributed by atoms with Gasteiger partial charge in [-0.05, 0) is 24.7 Å². The van der Waals surface area contributed by atoms with Crippen LogP contribution in [0.2, 0.25) is 0 Å². The molecule has 0 saturated carbocycles. The van der Waals surface area contributed by atoms with Crippen LogP contribution >= 0.6 is 24.0 Å². The van der Waals surface area contributed by atoms with Crippen LogP contribution in [0.25, 0.3) is 0 Å². The molecule has 0 bridgehead atoms. The highest BCUT2D eigenvalue weighted by Crippen LogP contribution is 2.29.